The molecule has 3 aromatic heterocycles. The van der Waals surface area contributed by atoms with Gasteiger partial charge in [0.2, 0.25) is 0 Å². The number of aromatic nitrogens is 9. The highest BCUT2D eigenvalue weighted by molar-refractivity contribution is 4.91. The van der Waals surface area contributed by atoms with E-state index >= 15 is 0 Å². The Hall–Kier alpha value is -3.78. The predicted octanol–water partition coefficient (Wildman–Crippen LogP) is 0.822. The van der Waals surface area contributed by atoms with Crippen LogP contribution in [-0.4, -0.2) is 44.3 Å². The van der Waals surface area contributed by atoms with Gasteiger partial charge in [0.05, 0.1) is 0 Å². The average Bonchev–Trinajstić information content (AvgIpc) is 3.61. The van der Waals surface area contributed by atoms with E-state index < -0.39 is 22.8 Å². The van der Waals surface area contributed by atoms with Crippen molar-refractivity contribution in [3.8, 4) is 0 Å². The van der Waals surface area contributed by atoms with Gasteiger partial charge >= 0.3 is 34.1 Å². The van der Waals surface area contributed by atoms with Crippen molar-refractivity contribution < 1.29 is 0 Å². The Morgan fingerprint density at radius 3 is 1.12 bits per heavy atom. The third-order valence-corrected chi connectivity index (χ3v) is 10.3. The summed E-state index contributed by atoms with van der Waals surface area (Å²) in [6.45, 7) is 0. The Labute approximate surface area is 232 Å². The maximum atomic E-state index is 12.4. The van der Waals surface area contributed by atoms with Gasteiger partial charge in [0, 0.05) is 18.1 Å². The topological polar surface area (TPSA) is 212 Å². The molecule has 3 unspecified atom stereocenters. The summed E-state index contributed by atoms with van der Waals surface area (Å²) >= 11 is 0. The summed E-state index contributed by atoms with van der Waals surface area (Å²) in [5.74, 6) is 1.77. The van der Waals surface area contributed by atoms with Gasteiger partial charge in [-0.3, -0.25) is 0 Å². The van der Waals surface area contributed by atoms with E-state index in [1.54, 1.807) is 0 Å². The maximum Gasteiger partial charge on any atom is 0.344 e. The molecule has 3 fully saturated rings. The first kappa shape index (κ1) is 27.4. The summed E-state index contributed by atoms with van der Waals surface area (Å²) in [5.41, 5.74) is -2.34. The number of hydrogen-bond acceptors (Lipinski definition) is 6. The zero-order chi connectivity index (χ0) is 28.7. The molecule has 3 atom stereocenters. The van der Waals surface area contributed by atoms with Crippen molar-refractivity contribution >= 4 is 0 Å². The minimum atomic E-state index is -0.395. The highest BCUT2D eigenvalue weighted by atomic mass is 16.2. The summed E-state index contributed by atoms with van der Waals surface area (Å²) in [7, 11) is 0. The van der Waals surface area contributed by atoms with E-state index in [0.29, 0.717) is 23.7 Å². The second-order valence-corrected chi connectivity index (χ2v) is 12.5. The first-order chi connectivity index (χ1) is 19.8. The molecule has 0 radical (unpaired) electrons. The van der Waals surface area contributed by atoms with Gasteiger partial charge in [-0.25, -0.2) is 73.1 Å². The third kappa shape index (κ3) is 5.45. The van der Waals surface area contributed by atoms with Gasteiger partial charge in [-0.1, -0.05) is 0 Å². The number of nitrogens with one attached hydrogen (secondary N) is 6. The molecule has 224 valence electrons. The smallest absolute Gasteiger partial charge is 0.247 e. The average molecular weight is 574 g/mol. The number of hydrogen-bond donors (Lipinski definition) is 6. The lowest BCUT2D eigenvalue weighted by atomic mass is 9.67. The standard InChI is InChI=1S/C26H39N9O6/c36-21-27-28-22(37)33(21)18-6-1-14(2-7-18)11-16-5-10-20(35-25(40)31-32-26(35)41)13-17(16)12-15-3-8-19(9-4-15)34-23(38)29-30-24(34)39/h14-20H,1-13H2,(H,27,36)(H,28,37)(H,29,38)(H,30,39)(H,31,40)(H,32,41). The van der Waals surface area contributed by atoms with E-state index in [0.717, 1.165) is 83.5 Å². The zero-order valence-electron chi connectivity index (χ0n) is 23.0. The predicted molar refractivity (Wildman–Crippen MR) is 148 cm³/mol. The van der Waals surface area contributed by atoms with E-state index in [1.807, 2.05) is 0 Å². The van der Waals surface area contributed by atoms with Crippen molar-refractivity contribution in [2.24, 2.45) is 23.7 Å². The fourth-order valence-corrected chi connectivity index (χ4v) is 8.22. The van der Waals surface area contributed by atoms with Crippen molar-refractivity contribution in [3.63, 3.8) is 0 Å². The van der Waals surface area contributed by atoms with Gasteiger partial charge in [0.15, 0.2) is 0 Å². The zero-order valence-corrected chi connectivity index (χ0v) is 23.0. The molecule has 0 bridgehead atoms. The third-order valence-electron chi connectivity index (χ3n) is 10.3. The van der Waals surface area contributed by atoms with Crippen molar-refractivity contribution in [1.82, 2.24) is 44.3 Å². The molecule has 0 saturated heterocycles. The van der Waals surface area contributed by atoms with Gasteiger partial charge in [-0.05, 0) is 107 Å². The monoisotopic (exact) mass is 573 g/mol. The van der Waals surface area contributed by atoms with Gasteiger partial charge in [-0.2, -0.15) is 0 Å². The Bertz CT molecular complexity index is 1590. The van der Waals surface area contributed by atoms with Gasteiger partial charge in [0.25, 0.3) is 0 Å². The lowest BCUT2D eigenvalue weighted by Crippen LogP contribution is -2.38. The number of rotatable bonds is 7. The largest absolute Gasteiger partial charge is 0.344 e. The second-order valence-electron chi connectivity index (χ2n) is 12.5. The molecule has 0 aromatic carbocycles. The number of nitrogens with zero attached hydrogens (tertiary/aromatic N) is 3. The summed E-state index contributed by atoms with van der Waals surface area (Å²) < 4.78 is 3.94. The quantitative estimate of drug-likeness (QED) is 0.241. The minimum Gasteiger partial charge on any atom is -0.247 e. The van der Waals surface area contributed by atoms with Crippen LogP contribution in [0, 0.1) is 23.7 Å². The van der Waals surface area contributed by atoms with E-state index in [2.05, 4.69) is 30.6 Å². The molecular formula is C26H39N9O6. The van der Waals surface area contributed by atoms with Crippen molar-refractivity contribution in [2.75, 3.05) is 0 Å². The summed E-state index contributed by atoms with van der Waals surface area (Å²) in [5, 5.41) is 14.3. The van der Waals surface area contributed by atoms with Crippen LogP contribution in [0.3, 0.4) is 0 Å². The fraction of sp³-hybridized carbons (Fsp3) is 0.769. The molecule has 3 saturated carbocycles. The van der Waals surface area contributed by atoms with Crippen molar-refractivity contribution in [1.29, 1.82) is 0 Å². The number of H-pyrrole nitrogens is 6. The van der Waals surface area contributed by atoms with Crippen LogP contribution >= 0.6 is 0 Å². The molecule has 0 aliphatic heterocycles. The van der Waals surface area contributed by atoms with E-state index in [1.165, 1.54) is 13.7 Å². The Morgan fingerprint density at radius 1 is 0.415 bits per heavy atom. The molecule has 15 heteroatoms. The molecule has 3 aliphatic rings. The molecular weight excluding hydrogens is 534 g/mol. The fourth-order valence-electron chi connectivity index (χ4n) is 8.22. The molecule has 15 nitrogen and oxygen atoms in total. The van der Waals surface area contributed by atoms with E-state index in [4.69, 9.17) is 0 Å². The van der Waals surface area contributed by atoms with Gasteiger partial charge in [0.1, 0.15) is 0 Å². The molecule has 6 N–H and O–H groups in total. The molecule has 0 amide bonds. The van der Waals surface area contributed by atoms with E-state index in [9.17, 15) is 28.8 Å². The highest BCUT2D eigenvalue weighted by Gasteiger charge is 2.37. The normalized spacial score (nSPS) is 30.9. The lowest BCUT2D eigenvalue weighted by molar-refractivity contribution is 0.102. The van der Waals surface area contributed by atoms with Crippen LogP contribution in [-0.2, 0) is 0 Å². The highest BCUT2D eigenvalue weighted by Crippen LogP contribution is 2.46. The first-order valence-corrected chi connectivity index (χ1v) is 15.0. The molecule has 3 heterocycles. The first-order valence-electron chi connectivity index (χ1n) is 15.0. The summed E-state index contributed by atoms with van der Waals surface area (Å²) in [4.78, 5) is 73.0. The van der Waals surface area contributed by atoms with Gasteiger partial charge in [-0.15, -0.1) is 0 Å². The van der Waals surface area contributed by atoms with Crippen LogP contribution in [0.1, 0.15) is 102 Å². The van der Waals surface area contributed by atoms with Gasteiger partial charge < -0.3 is 0 Å². The van der Waals surface area contributed by atoms with Crippen LogP contribution in [0.2, 0.25) is 0 Å². The minimum absolute atomic E-state index is 0.0811. The summed E-state index contributed by atoms with van der Waals surface area (Å²) in [6.07, 6.45) is 11.4. The Kier molecular flexibility index (Phi) is 7.51. The maximum absolute atomic E-state index is 12.4. The Balaban J connectivity index is 1.12. The van der Waals surface area contributed by atoms with Crippen molar-refractivity contribution in [3.05, 3.63) is 62.9 Å². The summed E-state index contributed by atoms with van der Waals surface area (Å²) in [6, 6.07) is -0.326. The van der Waals surface area contributed by atoms with Crippen LogP contribution in [0.4, 0.5) is 0 Å². The van der Waals surface area contributed by atoms with Crippen molar-refractivity contribution in [2.45, 2.75) is 102 Å². The van der Waals surface area contributed by atoms with Crippen LogP contribution in [0.5, 0.6) is 0 Å². The second kappa shape index (κ2) is 11.2. The lowest BCUT2D eigenvalue weighted by Gasteiger charge is -2.41. The molecule has 0 spiro atoms. The molecule has 6 rings (SSSR count). The van der Waals surface area contributed by atoms with E-state index in [-0.39, 0.29) is 29.5 Å². The Morgan fingerprint density at radius 2 is 0.732 bits per heavy atom. The molecule has 3 aliphatic carbocycles. The van der Waals surface area contributed by atoms with Crippen LogP contribution < -0.4 is 34.1 Å². The SMILES string of the molecule is O=c1[nH][nH]c(=O)n1C1CCC(CC2CCC(n3c(=O)[nH][nH]c3=O)CC2CC2CCC(n3c(=O)[nH][nH]c3=O)CC2)CC1. The number of aromatic amines is 6. The van der Waals surface area contributed by atoms with Crippen LogP contribution in [0.15, 0.2) is 28.8 Å². The molecule has 41 heavy (non-hydrogen) atoms. The van der Waals surface area contributed by atoms with Crippen LogP contribution in [0.25, 0.3) is 0 Å². The molecule has 3 aromatic rings.